The number of benzene rings is 2. The van der Waals surface area contributed by atoms with Crippen LogP contribution >= 0.6 is 0 Å². The summed E-state index contributed by atoms with van der Waals surface area (Å²) >= 11 is 0. The predicted octanol–water partition coefficient (Wildman–Crippen LogP) is 2.27. The molecule has 1 amide bonds. The van der Waals surface area contributed by atoms with Crippen molar-refractivity contribution in [1.82, 2.24) is 14.2 Å². The summed E-state index contributed by atoms with van der Waals surface area (Å²) in [6.45, 7) is 3.73. The molecule has 3 aromatic rings. The first-order valence-corrected chi connectivity index (χ1v) is 12.4. The monoisotopic (exact) mass is 473 g/mol. The Balaban J connectivity index is 1.34. The maximum atomic E-state index is 12.8. The molecule has 4 rings (SSSR count). The first kappa shape index (κ1) is 23.1. The van der Waals surface area contributed by atoms with Crippen molar-refractivity contribution in [3.63, 3.8) is 0 Å². The van der Waals surface area contributed by atoms with Crippen molar-refractivity contribution in [2.45, 2.75) is 37.6 Å². The molecule has 1 aromatic heterocycles. The molecule has 0 aliphatic carbocycles. The Bertz CT molecular complexity index is 1310. The second-order valence-corrected chi connectivity index (χ2v) is 9.91. The maximum Gasteiger partial charge on any atom is 0.419 e. The van der Waals surface area contributed by atoms with Crippen molar-refractivity contribution in [2.75, 3.05) is 26.2 Å². The van der Waals surface area contributed by atoms with Crippen LogP contribution in [0.2, 0.25) is 0 Å². The molecule has 1 aliphatic rings. The standard InChI is InChI=1S/C23H27N3O6S/c1-17-6-2-3-7-20(17)31-15-11-24-22(27)10-14-26-19-9-8-18(16-21(19)32-23(26)28)33(29,30)25-12-4-5-13-25/h2-3,6-9,16H,4-5,10-15H2,1H3,(H,24,27). The minimum absolute atomic E-state index is 0.0761. The fourth-order valence-electron chi connectivity index (χ4n) is 3.87. The number of sulfonamides is 1. The molecule has 1 N–H and O–H groups in total. The van der Waals surface area contributed by atoms with E-state index in [4.69, 9.17) is 9.15 Å². The highest BCUT2D eigenvalue weighted by atomic mass is 32.2. The van der Waals surface area contributed by atoms with Crippen LogP contribution in [0.15, 0.2) is 56.6 Å². The number of fused-ring (bicyclic) bond motifs is 1. The van der Waals surface area contributed by atoms with Gasteiger partial charge in [-0.05, 0) is 43.5 Å². The average molecular weight is 474 g/mol. The normalized spacial score (nSPS) is 14.6. The number of aryl methyl sites for hydroxylation is 2. The van der Waals surface area contributed by atoms with Crippen molar-refractivity contribution >= 4 is 27.0 Å². The van der Waals surface area contributed by atoms with Crippen LogP contribution in [0, 0.1) is 6.92 Å². The number of carbonyl (C=O) groups excluding carboxylic acids is 1. The molecule has 0 unspecified atom stereocenters. The summed E-state index contributed by atoms with van der Waals surface area (Å²) in [6, 6.07) is 12.0. The van der Waals surface area contributed by atoms with Crippen LogP contribution in [0.25, 0.3) is 11.1 Å². The fraction of sp³-hybridized carbons (Fsp3) is 0.391. The third kappa shape index (κ3) is 5.12. The van der Waals surface area contributed by atoms with E-state index in [0.717, 1.165) is 24.2 Å². The van der Waals surface area contributed by atoms with E-state index in [9.17, 15) is 18.0 Å². The van der Waals surface area contributed by atoms with E-state index in [1.807, 2.05) is 31.2 Å². The van der Waals surface area contributed by atoms with E-state index in [-0.39, 0.29) is 29.4 Å². The number of para-hydroxylation sites is 1. The number of rotatable bonds is 9. The molecule has 2 aromatic carbocycles. The van der Waals surface area contributed by atoms with E-state index >= 15 is 0 Å². The molecule has 1 saturated heterocycles. The van der Waals surface area contributed by atoms with Gasteiger partial charge in [0.05, 0.1) is 17.0 Å². The van der Waals surface area contributed by atoms with Crippen LogP contribution in [0.3, 0.4) is 0 Å². The zero-order chi connectivity index (χ0) is 23.4. The van der Waals surface area contributed by atoms with Crippen LogP contribution in [-0.4, -0.2) is 49.4 Å². The molecule has 0 saturated carbocycles. The minimum Gasteiger partial charge on any atom is -0.491 e. The largest absolute Gasteiger partial charge is 0.491 e. The van der Waals surface area contributed by atoms with Gasteiger partial charge in [-0.15, -0.1) is 0 Å². The lowest BCUT2D eigenvalue weighted by Gasteiger charge is -2.15. The van der Waals surface area contributed by atoms with Gasteiger partial charge in [0, 0.05) is 32.1 Å². The summed E-state index contributed by atoms with van der Waals surface area (Å²) in [7, 11) is -3.61. The maximum absolute atomic E-state index is 12.8. The van der Waals surface area contributed by atoms with Gasteiger partial charge in [0.25, 0.3) is 0 Å². The van der Waals surface area contributed by atoms with E-state index in [1.165, 1.54) is 21.0 Å². The molecule has 1 aliphatic heterocycles. The van der Waals surface area contributed by atoms with Crippen LogP contribution in [0.5, 0.6) is 5.75 Å². The first-order chi connectivity index (χ1) is 15.9. The van der Waals surface area contributed by atoms with Gasteiger partial charge in [-0.2, -0.15) is 4.31 Å². The first-order valence-electron chi connectivity index (χ1n) is 10.9. The van der Waals surface area contributed by atoms with Gasteiger partial charge in [0.1, 0.15) is 12.4 Å². The number of ether oxygens (including phenoxy) is 1. The Morgan fingerprint density at radius 1 is 1.15 bits per heavy atom. The summed E-state index contributed by atoms with van der Waals surface area (Å²) in [5.41, 5.74) is 1.66. The third-order valence-electron chi connectivity index (χ3n) is 5.68. The number of hydrogen-bond acceptors (Lipinski definition) is 6. The summed E-state index contributed by atoms with van der Waals surface area (Å²) in [4.78, 5) is 24.6. The van der Waals surface area contributed by atoms with E-state index < -0.39 is 15.8 Å². The van der Waals surface area contributed by atoms with Gasteiger partial charge in [-0.3, -0.25) is 9.36 Å². The van der Waals surface area contributed by atoms with Crippen molar-refractivity contribution in [3.8, 4) is 5.75 Å². The SMILES string of the molecule is Cc1ccccc1OCCNC(=O)CCn1c(=O)oc2cc(S(=O)(=O)N3CCCC3)ccc21. The summed E-state index contributed by atoms with van der Waals surface area (Å²) in [6.07, 6.45) is 1.76. The molecule has 0 radical (unpaired) electrons. The van der Waals surface area contributed by atoms with E-state index in [0.29, 0.717) is 31.8 Å². The number of nitrogens with one attached hydrogen (secondary N) is 1. The number of amides is 1. The Labute approximate surface area is 192 Å². The average Bonchev–Trinajstić information content (AvgIpc) is 3.44. The molecule has 33 heavy (non-hydrogen) atoms. The van der Waals surface area contributed by atoms with Crippen molar-refractivity contribution < 1.29 is 22.4 Å². The molecule has 2 heterocycles. The summed E-state index contributed by atoms with van der Waals surface area (Å²) < 4.78 is 39.2. The molecule has 176 valence electrons. The number of aromatic nitrogens is 1. The van der Waals surface area contributed by atoms with Crippen molar-refractivity contribution in [2.24, 2.45) is 0 Å². The lowest BCUT2D eigenvalue weighted by molar-refractivity contribution is -0.121. The quantitative estimate of drug-likeness (QED) is 0.478. The van der Waals surface area contributed by atoms with Gasteiger partial charge in [-0.25, -0.2) is 13.2 Å². The molecule has 10 heteroatoms. The molecule has 9 nitrogen and oxygen atoms in total. The molecule has 0 bridgehead atoms. The highest BCUT2D eigenvalue weighted by Gasteiger charge is 2.28. The van der Waals surface area contributed by atoms with Gasteiger partial charge >= 0.3 is 5.76 Å². The van der Waals surface area contributed by atoms with Gasteiger partial charge in [-0.1, -0.05) is 18.2 Å². The van der Waals surface area contributed by atoms with Crippen LogP contribution < -0.4 is 15.8 Å². The van der Waals surface area contributed by atoms with E-state index in [2.05, 4.69) is 5.32 Å². The Morgan fingerprint density at radius 3 is 2.67 bits per heavy atom. The number of carbonyl (C=O) groups is 1. The smallest absolute Gasteiger partial charge is 0.419 e. The zero-order valence-electron chi connectivity index (χ0n) is 18.5. The third-order valence-corrected chi connectivity index (χ3v) is 7.58. The Kier molecular flexibility index (Phi) is 6.85. The summed E-state index contributed by atoms with van der Waals surface area (Å²) in [5.74, 6) is -0.0800. The Hall–Kier alpha value is -3.11. The molecule has 0 spiro atoms. The highest BCUT2D eigenvalue weighted by Crippen LogP contribution is 2.24. The molecule has 1 fully saturated rings. The van der Waals surface area contributed by atoms with Gasteiger partial charge < -0.3 is 14.5 Å². The topological polar surface area (TPSA) is 111 Å². The highest BCUT2D eigenvalue weighted by molar-refractivity contribution is 7.89. The van der Waals surface area contributed by atoms with E-state index in [1.54, 1.807) is 6.07 Å². The number of nitrogens with zero attached hydrogens (tertiary/aromatic N) is 2. The Morgan fingerprint density at radius 2 is 1.91 bits per heavy atom. The molecular formula is C23H27N3O6S. The van der Waals surface area contributed by atoms with Crippen molar-refractivity contribution in [1.29, 1.82) is 0 Å². The minimum atomic E-state index is -3.61. The zero-order valence-corrected chi connectivity index (χ0v) is 19.3. The molecular weight excluding hydrogens is 446 g/mol. The van der Waals surface area contributed by atoms with Gasteiger partial charge in [0.15, 0.2) is 5.58 Å². The van der Waals surface area contributed by atoms with Gasteiger partial charge in [0.2, 0.25) is 15.9 Å². The van der Waals surface area contributed by atoms with Crippen LogP contribution in [0.4, 0.5) is 0 Å². The predicted molar refractivity (Wildman–Crippen MR) is 123 cm³/mol. The molecule has 0 atom stereocenters. The number of oxazole rings is 1. The summed E-state index contributed by atoms with van der Waals surface area (Å²) in [5, 5.41) is 2.77. The lowest BCUT2D eigenvalue weighted by Crippen LogP contribution is -2.29. The fourth-order valence-corrected chi connectivity index (χ4v) is 5.40. The van der Waals surface area contributed by atoms with Crippen LogP contribution in [0.1, 0.15) is 24.8 Å². The van der Waals surface area contributed by atoms with Crippen molar-refractivity contribution in [3.05, 3.63) is 58.6 Å². The number of hydrogen-bond donors (Lipinski definition) is 1. The van der Waals surface area contributed by atoms with Crippen LogP contribution in [-0.2, 0) is 21.4 Å². The lowest BCUT2D eigenvalue weighted by atomic mass is 10.2. The second-order valence-electron chi connectivity index (χ2n) is 7.97. The second kappa shape index (κ2) is 9.80.